The molecule has 1 aliphatic heterocycles. The maximum atomic E-state index is 11.7. The number of aromatic hydroxyl groups is 1. The van der Waals surface area contributed by atoms with Gasteiger partial charge >= 0.3 is 0 Å². The lowest BCUT2D eigenvalue weighted by atomic mass is 10.1. The summed E-state index contributed by atoms with van der Waals surface area (Å²) < 4.78 is 1.82. The fourth-order valence-corrected chi connectivity index (χ4v) is 4.50. The Bertz CT molecular complexity index is 1180. The Morgan fingerprint density at radius 1 is 1.09 bits per heavy atom. The molecule has 0 spiro atoms. The summed E-state index contributed by atoms with van der Waals surface area (Å²) in [6.07, 6.45) is 1.92. The van der Waals surface area contributed by atoms with E-state index in [-0.39, 0.29) is 23.9 Å². The Morgan fingerprint density at radius 3 is 2.31 bits per heavy atom. The Balaban J connectivity index is 1.66. The van der Waals surface area contributed by atoms with E-state index in [0.29, 0.717) is 43.5 Å². The van der Waals surface area contributed by atoms with Crippen molar-refractivity contribution in [3.63, 3.8) is 0 Å². The van der Waals surface area contributed by atoms with Crippen LogP contribution >= 0.6 is 0 Å². The lowest BCUT2D eigenvalue weighted by molar-refractivity contribution is -0.129. The van der Waals surface area contributed by atoms with E-state index in [0.717, 1.165) is 17.5 Å². The van der Waals surface area contributed by atoms with Crippen LogP contribution in [0, 0.1) is 0 Å². The number of nitrogens with zero attached hydrogens (tertiary/aromatic N) is 6. The number of carbonyl (C=O) groups is 1. The summed E-state index contributed by atoms with van der Waals surface area (Å²) in [5, 5.41) is 15.3. The second-order valence-corrected chi connectivity index (χ2v) is 9.93. The molecule has 4 rings (SSSR count). The van der Waals surface area contributed by atoms with E-state index < -0.39 is 0 Å². The van der Waals surface area contributed by atoms with Crippen LogP contribution in [0.25, 0.3) is 10.9 Å². The number of aromatic nitrogens is 3. The first-order chi connectivity index (χ1) is 16.6. The third-order valence-electron chi connectivity index (χ3n) is 6.55. The van der Waals surface area contributed by atoms with Gasteiger partial charge in [0.1, 0.15) is 11.3 Å². The molecule has 188 valence electrons. The van der Waals surface area contributed by atoms with E-state index in [9.17, 15) is 9.90 Å². The molecule has 1 saturated heterocycles. The number of hydrogen-bond donors (Lipinski definition) is 2. The number of hydrogen-bond acceptors (Lipinski definition) is 7. The highest BCUT2D eigenvalue weighted by atomic mass is 16.3. The van der Waals surface area contributed by atoms with Crippen molar-refractivity contribution in [1.29, 1.82) is 0 Å². The van der Waals surface area contributed by atoms with Gasteiger partial charge in [-0.15, -0.1) is 0 Å². The van der Waals surface area contributed by atoms with Crippen molar-refractivity contribution < 1.29 is 9.90 Å². The van der Waals surface area contributed by atoms with Crippen LogP contribution in [0.1, 0.15) is 50.9 Å². The number of rotatable bonds is 7. The van der Waals surface area contributed by atoms with Gasteiger partial charge in [-0.3, -0.25) is 4.79 Å². The molecular weight excluding hydrogens is 442 g/mol. The number of piperazine rings is 1. The van der Waals surface area contributed by atoms with E-state index in [4.69, 9.17) is 9.97 Å². The predicted octanol–water partition coefficient (Wildman–Crippen LogP) is 3.62. The largest absolute Gasteiger partial charge is 0.493 e. The number of anilines is 2. The zero-order valence-corrected chi connectivity index (χ0v) is 21.6. The summed E-state index contributed by atoms with van der Waals surface area (Å²) in [5.41, 5.74) is 2.96. The van der Waals surface area contributed by atoms with Crippen molar-refractivity contribution >= 4 is 28.6 Å². The summed E-state index contributed by atoms with van der Waals surface area (Å²) in [4.78, 5) is 27.5. The van der Waals surface area contributed by atoms with Crippen molar-refractivity contribution in [3.05, 3.63) is 41.6 Å². The third kappa shape index (κ3) is 5.35. The molecule has 9 nitrogen and oxygen atoms in total. The molecular formula is C26H37N7O2. The SMILES string of the molecule is CC(=O)N1CCN(c2nc(N[C@H](C)c3ccc(CN(C)C)cc3)c3cn(C(C)C)c(O)c3n2)CC1. The van der Waals surface area contributed by atoms with Crippen molar-refractivity contribution in [2.75, 3.05) is 50.5 Å². The number of benzene rings is 1. The van der Waals surface area contributed by atoms with Crippen molar-refractivity contribution in [1.82, 2.24) is 24.3 Å². The summed E-state index contributed by atoms with van der Waals surface area (Å²) in [6.45, 7) is 11.2. The van der Waals surface area contributed by atoms with Gasteiger partial charge in [0, 0.05) is 57.9 Å². The zero-order valence-electron chi connectivity index (χ0n) is 21.6. The highest BCUT2D eigenvalue weighted by Crippen LogP contribution is 2.35. The lowest BCUT2D eigenvalue weighted by Crippen LogP contribution is -2.48. The second-order valence-electron chi connectivity index (χ2n) is 9.93. The summed E-state index contributed by atoms with van der Waals surface area (Å²) >= 11 is 0. The number of amides is 1. The molecule has 1 aromatic carbocycles. The quantitative estimate of drug-likeness (QED) is 0.535. The second kappa shape index (κ2) is 10.1. The minimum absolute atomic E-state index is 0.00783. The van der Waals surface area contributed by atoms with Gasteiger partial charge in [0.25, 0.3) is 0 Å². The van der Waals surface area contributed by atoms with Crippen LogP contribution in [0.5, 0.6) is 5.88 Å². The molecule has 0 unspecified atom stereocenters. The predicted molar refractivity (Wildman–Crippen MR) is 140 cm³/mol. The Kier molecular flexibility index (Phi) is 7.16. The van der Waals surface area contributed by atoms with Gasteiger partial charge < -0.3 is 29.7 Å². The standard InChI is InChI=1S/C26H37N7O2/c1-17(2)33-16-22-23(25(33)35)28-26(32-13-11-31(12-14-32)19(4)34)29-24(22)27-18(3)21-9-7-20(8-10-21)15-30(5)6/h7-10,16-18,35H,11-15H2,1-6H3,(H,27,28,29)/t18-/m1/s1. The van der Waals surface area contributed by atoms with E-state index in [1.807, 2.05) is 29.5 Å². The topological polar surface area (TPSA) is 89.8 Å². The van der Waals surface area contributed by atoms with Crippen LogP contribution in [0.4, 0.5) is 11.8 Å². The van der Waals surface area contributed by atoms with Crippen molar-refractivity contribution in [2.24, 2.45) is 0 Å². The number of nitrogens with one attached hydrogen (secondary N) is 1. The van der Waals surface area contributed by atoms with Gasteiger partial charge in [0.2, 0.25) is 17.7 Å². The smallest absolute Gasteiger partial charge is 0.228 e. The van der Waals surface area contributed by atoms with Crippen LogP contribution in [-0.4, -0.2) is 75.6 Å². The Hall–Kier alpha value is -3.33. The summed E-state index contributed by atoms with van der Waals surface area (Å²) in [7, 11) is 4.13. The molecule has 35 heavy (non-hydrogen) atoms. The first kappa shape index (κ1) is 24.8. The molecule has 0 radical (unpaired) electrons. The molecule has 2 aromatic heterocycles. The van der Waals surface area contributed by atoms with E-state index in [1.165, 1.54) is 5.56 Å². The van der Waals surface area contributed by atoms with Crippen molar-refractivity contribution in [2.45, 2.75) is 46.3 Å². The van der Waals surface area contributed by atoms with Crippen LogP contribution < -0.4 is 10.2 Å². The Labute approximate surface area is 207 Å². The van der Waals surface area contributed by atoms with Crippen LogP contribution in [0.2, 0.25) is 0 Å². The molecule has 2 N–H and O–H groups in total. The normalized spacial score (nSPS) is 15.3. The maximum absolute atomic E-state index is 11.7. The van der Waals surface area contributed by atoms with Gasteiger partial charge in [-0.25, -0.2) is 4.98 Å². The average Bonchev–Trinajstić information content (AvgIpc) is 3.16. The van der Waals surface area contributed by atoms with Crippen molar-refractivity contribution in [3.8, 4) is 5.88 Å². The van der Waals surface area contributed by atoms with Gasteiger partial charge in [-0.2, -0.15) is 4.98 Å². The van der Waals surface area contributed by atoms with Gasteiger partial charge in [0.15, 0.2) is 0 Å². The highest BCUT2D eigenvalue weighted by molar-refractivity contribution is 5.94. The molecule has 9 heteroatoms. The summed E-state index contributed by atoms with van der Waals surface area (Å²) in [6, 6.07) is 8.70. The Morgan fingerprint density at radius 2 is 1.74 bits per heavy atom. The molecule has 0 saturated carbocycles. The molecule has 1 amide bonds. The molecule has 1 aliphatic rings. The van der Waals surface area contributed by atoms with E-state index in [2.05, 4.69) is 60.4 Å². The number of fused-ring (bicyclic) bond motifs is 1. The van der Waals surface area contributed by atoms with E-state index >= 15 is 0 Å². The van der Waals surface area contributed by atoms with Gasteiger partial charge in [-0.05, 0) is 46.0 Å². The molecule has 0 aliphatic carbocycles. The summed E-state index contributed by atoms with van der Waals surface area (Å²) in [5.74, 6) is 1.48. The molecule has 1 fully saturated rings. The fourth-order valence-electron chi connectivity index (χ4n) is 4.50. The molecule has 3 heterocycles. The third-order valence-corrected chi connectivity index (χ3v) is 6.55. The fraction of sp³-hybridized carbons (Fsp3) is 0.500. The molecule has 0 bridgehead atoms. The first-order valence-corrected chi connectivity index (χ1v) is 12.3. The first-order valence-electron chi connectivity index (χ1n) is 12.3. The van der Waals surface area contributed by atoms with E-state index in [1.54, 1.807) is 6.92 Å². The van der Waals surface area contributed by atoms with Crippen LogP contribution in [0.3, 0.4) is 0 Å². The zero-order chi connectivity index (χ0) is 25.3. The van der Waals surface area contributed by atoms with Crippen LogP contribution in [0.15, 0.2) is 30.5 Å². The monoisotopic (exact) mass is 479 g/mol. The maximum Gasteiger partial charge on any atom is 0.228 e. The average molecular weight is 480 g/mol. The minimum Gasteiger partial charge on any atom is -0.493 e. The molecule has 3 aromatic rings. The van der Waals surface area contributed by atoms with Crippen LogP contribution in [-0.2, 0) is 11.3 Å². The van der Waals surface area contributed by atoms with Gasteiger partial charge in [0.05, 0.1) is 5.39 Å². The molecule has 1 atom stereocenters. The minimum atomic E-state index is 0.00783. The lowest BCUT2D eigenvalue weighted by Gasteiger charge is -2.34. The number of carbonyl (C=O) groups excluding carboxylic acids is 1. The van der Waals surface area contributed by atoms with Gasteiger partial charge in [-0.1, -0.05) is 24.3 Å². The highest BCUT2D eigenvalue weighted by Gasteiger charge is 2.24.